The molecule has 0 atom stereocenters. The molecule has 0 radical (unpaired) electrons. The third kappa shape index (κ3) is 3.60. The quantitative estimate of drug-likeness (QED) is 0.675. The van der Waals surface area contributed by atoms with Crippen LogP contribution in [-0.2, 0) is 17.6 Å². The molecule has 3 nitrogen and oxygen atoms in total. The third-order valence-electron chi connectivity index (χ3n) is 5.39. The van der Waals surface area contributed by atoms with E-state index < -0.39 is 0 Å². The average molecular weight is 369 g/mol. The van der Waals surface area contributed by atoms with E-state index in [0.717, 1.165) is 56.1 Å². The number of ether oxygens (including phenoxy) is 1. The van der Waals surface area contributed by atoms with Gasteiger partial charge in [0.15, 0.2) is 0 Å². The summed E-state index contributed by atoms with van der Waals surface area (Å²) < 4.78 is 5.49. The number of anilines is 1. The van der Waals surface area contributed by atoms with Crippen LogP contribution in [0.1, 0.15) is 23.1 Å². The van der Waals surface area contributed by atoms with E-state index in [-0.39, 0.29) is 0 Å². The van der Waals surface area contributed by atoms with Gasteiger partial charge in [0.2, 0.25) is 0 Å². The molecule has 4 heteroatoms. The van der Waals surface area contributed by atoms with Crippen LogP contribution in [0.25, 0.3) is 10.9 Å². The Hall–Kier alpha value is -1.97. The molecule has 26 heavy (non-hydrogen) atoms. The van der Waals surface area contributed by atoms with Crippen LogP contribution in [0.15, 0.2) is 42.6 Å². The number of nitrogens with one attached hydrogen (secondary N) is 1. The second-order valence-corrected chi connectivity index (χ2v) is 7.45. The summed E-state index contributed by atoms with van der Waals surface area (Å²) in [7, 11) is 0. The van der Waals surface area contributed by atoms with Crippen molar-refractivity contribution in [1.82, 2.24) is 4.98 Å². The Bertz CT molecular complexity index is 896. The van der Waals surface area contributed by atoms with E-state index in [1.165, 1.54) is 27.8 Å². The maximum Gasteiger partial charge on any atom is 0.0642 e. The van der Waals surface area contributed by atoms with Gasteiger partial charge in [0.25, 0.3) is 0 Å². The van der Waals surface area contributed by atoms with Crippen molar-refractivity contribution in [3.63, 3.8) is 0 Å². The molecule has 3 aromatic rings. The van der Waals surface area contributed by atoms with E-state index in [0.29, 0.717) is 0 Å². The first-order valence-corrected chi connectivity index (χ1v) is 9.77. The van der Waals surface area contributed by atoms with Crippen molar-refractivity contribution in [2.24, 2.45) is 0 Å². The number of fused-ring (bicyclic) bond motifs is 1. The fourth-order valence-electron chi connectivity index (χ4n) is 3.91. The first kappa shape index (κ1) is 17.4. The monoisotopic (exact) mass is 368 g/mol. The van der Waals surface area contributed by atoms with Crippen molar-refractivity contribution in [3.05, 3.63) is 64.3 Å². The minimum atomic E-state index is 0.799. The maximum absolute atomic E-state index is 6.16. The summed E-state index contributed by atoms with van der Waals surface area (Å²) in [6.07, 6.45) is 5.41. The number of aromatic nitrogens is 1. The lowest BCUT2D eigenvalue weighted by molar-refractivity contribution is 0.122. The van der Waals surface area contributed by atoms with E-state index in [1.807, 2.05) is 6.07 Å². The van der Waals surface area contributed by atoms with E-state index in [2.05, 4.69) is 53.3 Å². The number of halogens is 1. The van der Waals surface area contributed by atoms with E-state index in [1.54, 1.807) is 0 Å². The molecule has 0 saturated carbocycles. The van der Waals surface area contributed by atoms with Crippen LogP contribution in [0.2, 0.25) is 5.02 Å². The predicted octanol–water partition coefficient (Wildman–Crippen LogP) is 5.14. The molecule has 1 fully saturated rings. The summed E-state index contributed by atoms with van der Waals surface area (Å²) in [5, 5.41) is 2.05. The molecule has 0 bridgehead atoms. The number of aryl methyl sites for hydroxylation is 2. The molecule has 2 heterocycles. The second-order valence-electron chi connectivity index (χ2n) is 7.02. The van der Waals surface area contributed by atoms with Crippen molar-refractivity contribution in [2.45, 2.75) is 26.2 Å². The van der Waals surface area contributed by atoms with E-state index in [4.69, 9.17) is 16.3 Å². The second kappa shape index (κ2) is 7.73. The number of rotatable bonds is 5. The zero-order chi connectivity index (χ0) is 17.9. The first-order valence-electron chi connectivity index (χ1n) is 9.39. The number of H-pyrrole nitrogens is 1. The molecular weight excluding hydrogens is 344 g/mol. The van der Waals surface area contributed by atoms with Crippen LogP contribution in [-0.4, -0.2) is 31.3 Å². The van der Waals surface area contributed by atoms with Gasteiger partial charge in [-0.3, -0.25) is 0 Å². The van der Waals surface area contributed by atoms with Gasteiger partial charge < -0.3 is 14.6 Å². The van der Waals surface area contributed by atoms with Gasteiger partial charge in [0, 0.05) is 40.9 Å². The topological polar surface area (TPSA) is 28.3 Å². The molecule has 0 unspecified atom stereocenters. The van der Waals surface area contributed by atoms with Crippen LogP contribution in [0.4, 0.5) is 5.69 Å². The number of hydrogen-bond donors (Lipinski definition) is 1. The normalized spacial score (nSPS) is 14.9. The van der Waals surface area contributed by atoms with Gasteiger partial charge in [0.1, 0.15) is 0 Å². The van der Waals surface area contributed by atoms with Gasteiger partial charge in [-0.25, -0.2) is 0 Å². The fraction of sp³-hybridized carbons (Fsp3) is 0.364. The molecule has 136 valence electrons. The highest BCUT2D eigenvalue weighted by molar-refractivity contribution is 6.31. The Kier molecular flexibility index (Phi) is 5.18. The van der Waals surface area contributed by atoms with Crippen LogP contribution < -0.4 is 4.90 Å². The Morgan fingerprint density at radius 1 is 1.08 bits per heavy atom. The van der Waals surface area contributed by atoms with Gasteiger partial charge >= 0.3 is 0 Å². The molecule has 1 aliphatic rings. The molecule has 1 saturated heterocycles. The predicted molar refractivity (Wildman–Crippen MR) is 110 cm³/mol. The zero-order valence-corrected chi connectivity index (χ0v) is 16.0. The molecule has 0 aliphatic carbocycles. The van der Waals surface area contributed by atoms with Gasteiger partial charge in [-0.2, -0.15) is 0 Å². The molecule has 0 amide bonds. The van der Waals surface area contributed by atoms with Gasteiger partial charge in [-0.05, 0) is 67.1 Å². The number of benzene rings is 2. The summed E-state index contributed by atoms with van der Waals surface area (Å²) >= 11 is 6.16. The number of morpholine rings is 1. The van der Waals surface area contributed by atoms with Crippen LogP contribution in [0.3, 0.4) is 0 Å². The molecule has 0 spiro atoms. The van der Waals surface area contributed by atoms with Gasteiger partial charge in [-0.1, -0.05) is 23.7 Å². The SMILES string of the molecule is Cc1c(CCCc2c[nH]c3ccc(Cl)cc23)cccc1N1CCOCC1. The van der Waals surface area contributed by atoms with Gasteiger partial charge in [-0.15, -0.1) is 0 Å². The minimum absolute atomic E-state index is 0.799. The Morgan fingerprint density at radius 3 is 2.73 bits per heavy atom. The summed E-state index contributed by atoms with van der Waals surface area (Å²) in [4.78, 5) is 5.80. The third-order valence-corrected chi connectivity index (χ3v) is 5.63. The van der Waals surface area contributed by atoms with Crippen LogP contribution in [0.5, 0.6) is 0 Å². The first-order chi connectivity index (χ1) is 12.7. The summed E-state index contributed by atoms with van der Waals surface area (Å²) in [6.45, 7) is 5.88. The van der Waals surface area contributed by atoms with Crippen LogP contribution in [0, 0.1) is 6.92 Å². The minimum Gasteiger partial charge on any atom is -0.378 e. The highest BCUT2D eigenvalue weighted by Crippen LogP contribution is 2.27. The molecule has 1 aliphatic heterocycles. The highest BCUT2D eigenvalue weighted by atomic mass is 35.5. The Balaban J connectivity index is 1.45. The number of hydrogen-bond acceptors (Lipinski definition) is 2. The van der Waals surface area contributed by atoms with Gasteiger partial charge in [0.05, 0.1) is 13.2 Å². The molecular formula is C22H25ClN2O. The van der Waals surface area contributed by atoms with Crippen molar-refractivity contribution in [1.29, 1.82) is 0 Å². The average Bonchev–Trinajstić information content (AvgIpc) is 3.06. The molecule has 1 aromatic heterocycles. The van der Waals surface area contributed by atoms with E-state index >= 15 is 0 Å². The summed E-state index contributed by atoms with van der Waals surface area (Å²) in [6, 6.07) is 12.8. The van der Waals surface area contributed by atoms with Crippen LogP contribution >= 0.6 is 11.6 Å². The van der Waals surface area contributed by atoms with Crippen molar-refractivity contribution >= 4 is 28.2 Å². The van der Waals surface area contributed by atoms with Crippen molar-refractivity contribution in [2.75, 3.05) is 31.2 Å². The Morgan fingerprint density at radius 2 is 1.88 bits per heavy atom. The molecule has 4 rings (SSSR count). The smallest absolute Gasteiger partial charge is 0.0642 e. The lowest BCUT2D eigenvalue weighted by Crippen LogP contribution is -2.36. The zero-order valence-electron chi connectivity index (χ0n) is 15.2. The van der Waals surface area contributed by atoms with Crippen molar-refractivity contribution in [3.8, 4) is 0 Å². The van der Waals surface area contributed by atoms with Crippen molar-refractivity contribution < 1.29 is 4.74 Å². The number of aromatic amines is 1. The summed E-state index contributed by atoms with van der Waals surface area (Å²) in [5.41, 5.74) is 6.74. The largest absolute Gasteiger partial charge is 0.378 e. The fourth-order valence-corrected chi connectivity index (χ4v) is 4.09. The van der Waals surface area contributed by atoms with E-state index in [9.17, 15) is 0 Å². The lowest BCUT2D eigenvalue weighted by atomic mass is 9.98. The highest BCUT2D eigenvalue weighted by Gasteiger charge is 2.14. The standard InChI is InChI=1S/C22H25ClN2O/c1-16-17(5-3-7-22(16)25-10-12-26-13-11-25)4-2-6-18-15-24-21-9-8-19(23)14-20(18)21/h3,5,7-9,14-15,24H,2,4,6,10-13H2,1H3. The lowest BCUT2D eigenvalue weighted by Gasteiger charge is -2.30. The maximum atomic E-state index is 6.16. The molecule has 1 N–H and O–H groups in total. The number of nitrogens with zero attached hydrogens (tertiary/aromatic N) is 1. The molecule has 2 aromatic carbocycles. The Labute approximate surface area is 159 Å². The summed E-state index contributed by atoms with van der Waals surface area (Å²) in [5.74, 6) is 0.